The number of aromatic nitrogens is 2. The lowest BCUT2D eigenvalue weighted by Gasteiger charge is -2.29. The van der Waals surface area contributed by atoms with E-state index in [2.05, 4.69) is 17.2 Å². The summed E-state index contributed by atoms with van der Waals surface area (Å²) in [4.78, 5) is 17.0. The van der Waals surface area contributed by atoms with E-state index in [9.17, 15) is 4.79 Å². The van der Waals surface area contributed by atoms with E-state index in [0.29, 0.717) is 11.7 Å². The van der Waals surface area contributed by atoms with Crippen molar-refractivity contribution in [3.8, 4) is 0 Å². The van der Waals surface area contributed by atoms with Gasteiger partial charge in [0.05, 0.1) is 11.7 Å². The monoisotopic (exact) mass is 343 g/mol. The van der Waals surface area contributed by atoms with Crippen LogP contribution in [-0.4, -0.2) is 34.0 Å². The molecule has 3 rings (SSSR count). The summed E-state index contributed by atoms with van der Waals surface area (Å²) in [6.07, 6.45) is 11.6. The van der Waals surface area contributed by atoms with Gasteiger partial charge >= 0.3 is 0 Å². The number of carbonyl (C=O) groups is 1. The highest BCUT2D eigenvalue weighted by Crippen LogP contribution is 2.22. The standard InChI is InChI=1S/C20H29N3O2/c1-3-4-5-14-25-17-9-7-16(8-10-17)22-20(24)18-11-6-15(2)23-13-12-21-19(18)23/h6,11-13,16-17H,3-5,7-10,14H2,1-2H3,(H,22,24). The lowest BCUT2D eigenvalue weighted by atomic mass is 9.92. The topological polar surface area (TPSA) is 55.6 Å². The third-order valence-electron chi connectivity index (χ3n) is 5.11. The van der Waals surface area contributed by atoms with Gasteiger partial charge in [-0.25, -0.2) is 4.98 Å². The molecule has 0 aromatic carbocycles. The number of hydrogen-bond donors (Lipinski definition) is 1. The Labute approximate surface area is 149 Å². The van der Waals surface area contributed by atoms with Crippen molar-refractivity contribution in [2.24, 2.45) is 0 Å². The van der Waals surface area contributed by atoms with Crippen molar-refractivity contribution < 1.29 is 9.53 Å². The van der Waals surface area contributed by atoms with Gasteiger partial charge in [-0.1, -0.05) is 19.8 Å². The second kappa shape index (κ2) is 8.48. The predicted octanol–water partition coefficient (Wildman–Crippen LogP) is 3.89. The summed E-state index contributed by atoms with van der Waals surface area (Å²) in [7, 11) is 0. The van der Waals surface area contributed by atoms with E-state index < -0.39 is 0 Å². The van der Waals surface area contributed by atoms with Crippen LogP contribution >= 0.6 is 0 Å². The molecular weight excluding hydrogens is 314 g/mol. The summed E-state index contributed by atoms with van der Waals surface area (Å²) >= 11 is 0. The lowest BCUT2D eigenvalue weighted by molar-refractivity contribution is 0.0205. The van der Waals surface area contributed by atoms with E-state index in [1.165, 1.54) is 12.8 Å². The Morgan fingerprint density at radius 2 is 2.08 bits per heavy atom. The summed E-state index contributed by atoms with van der Waals surface area (Å²) in [6, 6.07) is 4.07. The molecule has 1 fully saturated rings. The Morgan fingerprint density at radius 1 is 1.28 bits per heavy atom. The maximum absolute atomic E-state index is 12.7. The fraction of sp³-hybridized carbons (Fsp3) is 0.600. The van der Waals surface area contributed by atoms with Crippen LogP contribution in [0.5, 0.6) is 0 Å². The maximum atomic E-state index is 12.7. The van der Waals surface area contributed by atoms with E-state index in [1.54, 1.807) is 6.20 Å². The highest BCUT2D eigenvalue weighted by Gasteiger charge is 2.24. The molecular formula is C20H29N3O2. The van der Waals surface area contributed by atoms with E-state index in [0.717, 1.165) is 50.1 Å². The van der Waals surface area contributed by atoms with Crippen LogP contribution < -0.4 is 5.32 Å². The average molecular weight is 343 g/mol. The molecule has 0 aliphatic heterocycles. The number of aryl methyl sites for hydroxylation is 1. The molecule has 2 heterocycles. The third-order valence-corrected chi connectivity index (χ3v) is 5.11. The fourth-order valence-corrected chi connectivity index (χ4v) is 3.56. The van der Waals surface area contributed by atoms with Gasteiger partial charge in [-0.2, -0.15) is 0 Å². The molecule has 25 heavy (non-hydrogen) atoms. The van der Waals surface area contributed by atoms with Crippen LogP contribution in [0.15, 0.2) is 24.5 Å². The molecule has 1 amide bonds. The summed E-state index contributed by atoms with van der Waals surface area (Å²) in [5.41, 5.74) is 2.45. The van der Waals surface area contributed by atoms with Gasteiger partial charge in [0, 0.05) is 30.7 Å². The molecule has 5 heteroatoms. The zero-order valence-electron chi connectivity index (χ0n) is 15.3. The molecule has 0 bridgehead atoms. The number of unbranched alkanes of at least 4 members (excludes halogenated alkanes) is 2. The number of amides is 1. The summed E-state index contributed by atoms with van der Waals surface area (Å²) in [5.74, 6) is -0.0245. The number of fused-ring (bicyclic) bond motifs is 1. The largest absolute Gasteiger partial charge is 0.378 e. The van der Waals surface area contributed by atoms with Gasteiger partial charge in [0.1, 0.15) is 5.65 Å². The number of hydrogen-bond acceptors (Lipinski definition) is 3. The number of ether oxygens (including phenoxy) is 1. The van der Waals surface area contributed by atoms with Crippen molar-refractivity contribution in [1.29, 1.82) is 0 Å². The van der Waals surface area contributed by atoms with Crippen molar-refractivity contribution in [3.05, 3.63) is 35.8 Å². The van der Waals surface area contributed by atoms with E-state index >= 15 is 0 Å². The molecule has 1 N–H and O–H groups in total. The molecule has 2 aromatic rings. The number of nitrogens with zero attached hydrogens (tertiary/aromatic N) is 2. The first-order valence-electron chi connectivity index (χ1n) is 9.54. The average Bonchev–Trinajstić information content (AvgIpc) is 3.11. The molecule has 0 radical (unpaired) electrons. The highest BCUT2D eigenvalue weighted by molar-refractivity contribution is 6.00. The van der Waals surface area contributed by atoms with Gasteiger partial charge in [0.2, 0.25) is 0 Å². The Kier molecular flexibility index (Phi) is 6.08. The first kappa shape index (κ1) is 17.9. The molecule has 1 aliphatic rings. The van der Waals surface area contributed by atoms with Gasteiger partial charge in [-0.05, 0) is 51.2 Å². The Bertz CT molecular complexity index is 702. The van der Waals surface area contributed by atoms with Gasteiger partial charge < -0.3 is 14.5 Å². The van der Waals surface area contributed by atoms with E-state index in [1.807, 2.05) is 29.7 Å². The minimum Gasteiger partial charge on any atom is -0.378 e. The number of nitrogens with one attached hydrogen (secondary N) is 1. The van der Waals surface area contributed by atoms with Crippen LogP contribution in [0.3, 0.4) is 0 Å². The summed E-state index contributed by atoms with van der Waals surface area (Å²) < 4.78 is 7.91. The van der Waals surface area contributed by atoms with E-state index in [4.69, 9.17) is 4.74 Å². The van der Waals surface area contributed by atoms with Crippen LogP contribution in [-0.2, 0) is 4.74 Å². The Balaban J connectivity index is 1.51. The Hall–Kier alpha value is -1.88. The molecule has 136 valence electrons. The second-order valence-electron chi connectivity index (χ2n) is 7.03. The van der Waals surface area contributed by atoms with Crippen LogP contribution in [0, 0.1) is 6.92 Å². The minimum absolute atomic E-state index is 0.0245. The predicted molar refractivity (Wildman–Crippen MR) is 98.9 cm³/mol. The molecule has 1 aliphatic carbocycles. The van der Waals surface area contributed by atoms with Crippen LogP contribution in [0.2, 0.25) is 0 Å². The second-order valence-corrected chi connectivity index (χ2v) is 7.03. The summed E-state index contributed by atoms with van der Waals surface area (Å²) in [6.45, 7) is 5.09. The van der Waals surface area contributed by atoms with Gasteiger partial charge in [0.25, 0.3) is 5.91 Å². The number of carbonyl (C=O) groups excluding carboxylic acids is 1. The Morgan fingerprint density at radius 3 is 2.84 bits per heavy atom. The first-order valence-corrected chi connectivity index (χ1v) is 9.54. The van der Waals surface area contributed by atoms with Crippen molar-refractivity contribution >= 4 is 11.6 Å². The van der Waals surface area contributed by atoms with Gasteiger partial charge in [0.15, 0.2) is 0 Å². The molecule has 0 spiro atoms. The van der Waals surface area contributed by atoms with Crippen molar-refractivity contribution in [2.75, 3.05) is 6.61 Å². The number of imidazole rings is 1. The molecule has 0 atom stereocenters. The maximum Gasteiger partial charge on any atom is 0.255 e. The van der Waals surface area contributed by atoms with Crippen molar-refractivity contribution in [2.45, 2.75) is 70.9 Å². The van der Waals surface area contributed by atoms with Gasteiger partial charge in [-0.15, -0.1) is 0 Å². The van der Waals surface area contributed by atoms with Crippen LogP contribution in [0.1, 0.15) is 67.9 Å². The number of rotatable bonds is 7. The van der Waals surface area contributed by atoms with Crippen molar-refractivity contribution in [3.63, 3.8) is 0 Å². The zero-order chi connectivity index (χ0) is 17.6. The summed E-state index contributed by atoms with van der Waals surface area (Å²) in [5, 5.41) is 3.19. The SMILES string of the molecule is CCCCCOC1CCC(NC(=O)c2ccc(C)n3ccnc23)CC1. The smallest absolute Gasteiger partial charge is 0.255 e. The van der Waals surface area contributed by atoms with Crippen LogP contribution in [0.4, 0.5) is 0 Å². The van der Waals surface area contributed by atoms with Crippen LogP contribution in [0.25, 0.3) is 5.65 Å². The molecule has 5 nitrogen and oxygen atoms in total. The molecule has 2 aromatic heterocycles. The molecule has 0 unspecified atom stereocenters. The van der Waals surface area contributed by atoms with Gasteiger partial charge in [-0.3, -0.25) is 4.79 Å². The number of pyridine rings is 1. The zero-order valence-corrected chi connectivity index (χ0v) is 15.3. The van der Waals surface area contributed by atoms with E-state index in [-0.39, 0.29) is 11.9 Å². The lowest BCUT2D eigenvalue weighted by Crippen LogP contribution is -2.39. The molecule has 0 saturated heterocycles. The fourth-order valence-electron chi connectivity index (χ4n) is 3.56. The third kappa shape index (κ3) is 4.40. The quantitative estimate of drug-likeness (QED) is 0.776. The normalized spacial score (nSPS) is 20.7. The minimum atomic E-state index is -0.0245. The molecule has 1 saturated carbocycles. The highest BCUT2D eigenvalue weighted by atomic mass is 16.5. The first-order chi connectivity index (χ1) is 12.2. The van der Waals surface area contributed by atoms with Crippen molar-refractivity contribution in [1.82, 2.24) is 14.7 Å².